The number of aromatic nitrogens is 1. The Morgan fingerprint density at radius 3 is 2.07 bits per heavy atom. The third kappa shape index (κ3) is 4.17. The van der Waals surface area contributed by atoms with Crippen LogP contribution in [0.4, 0.5) is 0 Å². The van der Waals surface area contributed by atoms with Crippen molar-refractivity contribution in [2.75, 3.05) is 6.61 Å². The molecule has 0 amide bonds. The van der Waals surface area contributed by atoms with E-state index in [1.165, 1.54) is 21.9 Å². The highest BCUT2D eigenvalue weighted by atomic mass is 16.5. The number of rotatable bonds is 6. The van der Waals surface area contributed by atoms with Crippen LogP contribution < -0.4 is 4.74 Å². The fourth-order valence-electron chi connectivity index (χ4n) is 3.43. The summed E-state index contributed by atoms with van der Waals surface area (Å²) in [5, 5.41) is 2.38. The molecule has 0 saturated carbocycles. The Labute approximate surface area is 160 Å². The van der Waals surface area contributed by atoms with E-state index in [2.05, 4.69) is 66.7 Å². The predicted octanol–water partition coefficient (Wildman–Crippen LogP) is 5.82. The summed E-state index contributed by atoms with van der Waals surface area (Å²) < 4.78 is 5.72. The molecule has 0 spiro atoms. The number of hydrogen-bond donors (Lipinski definition) is 0. The zero-order valence-electron chi connectivity index (χ0n) is 15.6. The molecule has 0 N–H and O–H groups in total. The van der Waals surface area contributed by atoms with Crippen LogP contribution in [-0.2, 0) is 12.8 Å². The zero-order valence-corrected chi connectivity index (χ0v) is 15.6. The number of nitrogens with zero attached hydrogens (tertiary/aromatic N) is 1. The van der Waals surface area contributed by atoms with Crippen molar-refractivity contribution in [3.05, 3.63) is 107 Å². The molecule has 2 nitrogen and oxygen atoms in total. The summed E-state index contributed by atoms with van der Waals surface area (Å²) in [4.78, 5) is 5.04. The lowest BCUT2D eigenvalue weighted by Gasteiger charge is -2.12. The molecular weight excluding hydrogens is 330 g/mol. The fourth-order valence-corrected chi connectivity index (χ4v) is 3.43. The largest absolute Gasteiger partial charge is 0.494 e. The van der Waals surface area contributed by atoms with Gasteiger partial charge in [-0.2, -0.15) is 0 Å². The molecule has 0 aliphatic carbocycles. The number of fused-ring (bicyclic) bond motifs is 1. The van der Waals surface area contributed by atoms with E-state index in [4.69, 9.17) is 9.72 Å². The van der Waals surface area contributed by atoms with Gasteiger partial charge in [-0.05, 0) is 41.6 Å². The summed E-state index contributed by atoms with van der Waals surface area (Å²) in [6, 6.07) is 29.6. The van der Waals surface area contributed by atoms with Crippen LogP contribution in [0.3, 0.4) is 0 Å². The van der Waals surface area contributed by atoms with Gasteiger partial charge in [-0.3, -0.25) is 4.98 Å². The maximum absolute atomic E-state index is 5.72. The van der Waals surface area contributed by atoms with Gasteiger partial charge in [0.25, 0.3) is 0 Å². The summed E-state index contributed by atoms with van der Waals surface area (Å²) in [5.41, 5.74) is 4.75. The van der Waals surface area contributed by atoms with Crippen LogP contribution in [0.5, 0.6) is 5.75 Å². The summed E-state index contributed by atoms with van der Waals surface area (Å²) >= 11 is 0. The molecule has 0 bridgehead atoms. The van der Waals surface area contributed by atoms with E-state index >= 15 is 0 Å². The number of ether oxygens (including phenoxy) is 1. The molecular formula is C25H23NO. The molecule has 1 aromatic heterocycles. The number of hydrogen-bond acceptors (Lipinski definition) is 2. The Balaban J connectivity index is 1.78. The maximum atomic E-state index is 5.72. The Morgan fingerprint density at radius 2 is 1.41 bits per heavy atom. The van der Waals surface area contributed by atoms with E-state index in [9.17, 15) is 0 Å². The highest BCUT2D eigenvalue weighted by Crippen LogP contribution is 2.26. The van der Waals surface area contributed by atoms with Gasteiger partial charge < -0.3 is 4.74 Å². The Bertz CT molecular complexity index is 1030. The van der Waals surface area contributed by atoms with Gasteiger partial charge in [-0.1, -0.05) is 66.7 Å². The molecule has 0 radical (unpaired) electrons. The van der Waals surface area contributed by atoms with Crippen molar-refractivity contribution < 1.29 is 4.74 Å². The summed E-state index contributed by atoms with van der Waals surface area (Å²) in [6.45, 7) is 2.68. The highest BCUT2D eigenvalue weighted by molar-refractivity contribution is 5.86. The zero-order chi connectivity index (χ0) is 18.5. The van der Waals surface area contributed by atoms with Crippen molar-refractivity contribution in [1.82, 2.24) is 4.98 Å². The molecule has 0 atom stereocenters. The lowest BCUT2D eigenvalue weighted by molar-refractivity contribution is 0.340. The topological polar surface area (TPSA) is 22.1 Å². The first-order valence-corrected chi connectivity index (χ1v) is 9.45. The fraction of sp³-hybridized carbons (Fsp3) is 0.160. The summed E-state index contributed by atoms with van der Waals surface area (Å²) in [6.07, 6.45) is 1.65. The Kier molecular flexibility index (Phi) is 5.15. The van der Waals surface area contributed by atoms with E-state index < -0.39 is 0 Å². The summed E-state index contributed by atoms with van der Waals surface area (Å²) in [5.74, 6) is 0.900. The summed E-state index contributed by atoms with van der Waals surface area (Å²) in [7, 11) is 0. The number of pyridine rings is 1. The molecule has 2 heteroatoms. The highest BCUT2D eigenvalue weighted by Gasteiger charge is 2.09. The smallest absolute Gasteiger partial charge is 0.119 e. The first-order chi connectivity index (χ1) is 13.3. The van der Waals surface area contributed by atoms with E-state index in [0.717, 1.165) is 30.0 Å². The van der Waals surface area contributed by atoms with Crippen LogP contribution in [0.25, 0.3) is 10.8 Å². The van der Waals surface area contributed by atoms with Gasteiger partial charge >= 0.3 is 0 Å². The van der Waals surface area contributed by atoms with Crippen LogP contribution in [0.1, 0.15) is 29.4 Å². The molecule has 134 valence electrons. The lowest BCUT2D eigenvalue weighted by atomic mass is 10.0. The minimum atomic E-state index is 0.666. The van der Waals surface area contributed by atoms with Gasteiger partial charge in [-0.15, -0.1) is 0 Å². The van der Waals surface area contributed by atoms with Gasteiger partial charge in [0.1, 0.15) is 5.75 Å². The quantitative estimate of drug-likeness (QED) is 0.436. The molecule has 1 heterocycles. The second kappa shape index (κ2) is 8.05. The molecule has 0 unspecified atom stereocenters. The second-order valence-corrected chi connectivity index (χ2v) is 6.70. The van der Waals surface area contributed by atoms with Crippen molar-refractivity contribution >= 4 is 10.8 Å². The van der Waals surface area contributed by atoms with Crippen molar-refractivity contribution in [1.29, 1.82) is 0 Å². The Hall–Kier alpha value is -3.13. The van der Waals surface area contributed by atoms with Gasteiger partial charge in [0.15, 0.2) is 0 Å². The molecule has 0 saturated heterocycles. The third-order valence-electron chi connectivity index (χ3n) is 4.69. The van der Waals surface area contributed by atoms with E-state index in [-0.39, 0.29) is 0 Å². The molecule has 4 rings (SSSR count). The Morgan fingerprint density at radius 1 is 0.741 bits per heavy atom. The van der Waals surface area contributed by atoms with Crippen molar-refractivity contribution in [2.24, 2.45) is 0 Å². The molecule has 0 fully saturated rings. The van der Waals surface area contributed by atoms with Gasteiger partial charge in [0.05, 0.1) is 12.3 Å². The lowest BCUT2D eigenvalue weighted by Crippen LogP contribution is -2.01. The van der Waals surface area contributed by atoms with Crippen LogP contribution >= 0.6 is 0 Å². The van der Waals surface area contributed by atoms with Gasteiger partial charge in [0.2, 0.25) is 0 Å². The second-order valence-electron chi connectivity index (χ2n) is 6.70. The van der Waals surface area contributed by atoms with Crippen molar-refractivity contribution in [3.8, 4) is 5.75 Å². The first-order valence-electron chi connectivity index (χ1n) is 9.45. The maximum Gasteiger partial charge on any atom is 0.119 e. The minimum Gasteiger partial charge on any atom is -0.494 e. The molecule has 3 aromatic carbocycles. The molecule has 0 aliphatic rings. The standard InChI is InChI=1S/C25H23NO/c1-2-27-23-14-13-21-17-22(15-19-9-5-3-6-10-19)26-25(24(21)18-23)16-20-11-7-4-8-12-20/h3-14,17-18H,2,15-16H2,1H3. The van der Waals surface area contributed by atoms with Crippen LogP contribution in [0, 0.1) is 0 Å². The first kappa shape index (κ1) is 17.3. The average molecular weight is 353 g/mol. The average Bonchev–Trinajstić information content (AvgIpc) is 2.70. The molecule has 27 heavy (non-hydrogen) atoms. The normalized spacial score (nSPS) is 10.9. The SMILES string of the molecule is CCOc1ccc2cc(Cc3ccccc3)nc(Cc3ccccc3)c2c1. The monoisotopic (exact) mass is 353 g/mol. The number of benzene rings is 3. The molecule has 0 aliphatic heterocycles. The van der Waals surface area contributed by atoms with E-state index in [1.54, 1.807) is 0 Å². The predicted molar refractivity (Wildman–Crippen MR) is 111 cm³/mol. The van der Waals surface area contributed by atoms with E-state index in [1.807, 2.05) is 25.1 Å². The van der Waals surface area contributed by atoms with Crippen LogP contribution in [0.15, 0.2) is 84.9 Å². The van der Waals surface area contributed by atoms with Gasteiger partial charge in [-0.25, -0.2) is 0 Å². The van der Waals surface area contributed by atoms with Crippen LogP contribution in [0.2, 0.25) is 0 Å². The molecule has 4 aromatic rings. The van der Waals surface area contributed by atoms with Crippen LogP contribution in [-0.4, -0.2) is 11.6 Å². The van der Waals surface area contributed by atoms with Crippen molar-refractivity contribution in [2.45, 2.75) is 19.8 Å². The van der Waals surface area contributed by atoms with E-state index in [0.29, 0.717) is 6.61 Å². The minimum absolute atomic E-state index is 0.666. The third-order valence-corrected chi connectivity index (χ3v) is 4.69. The van der Waals surface area contributed by atoms with Gasteiger partial charge in [0, 0.05) is 23.9 Å². The van der Waals surface area contributed by atoms with Crippen molar-refractivity contribution in [3.63, 3.8) is 0 Å².